The van der Waals surface area contributed by atoms with E-state index in [1.165, 1.54) is 18.4 Å². The molecule has 0 unspecified atom stereocenters. The van der Waals surface area contributed by atoms with Crippen LogP contribution in [0.4, 0.5) is 5.69 Å². The van der Waals surface area contributed by atoms with Crippen molar-refractivity contribution >= 4 is 22.9 Å². The maximum Gasteiger partial charge on any atom is 0.224 e. The van der Waals surface area contributed by atoms with Crippen molar-refractivity contribution in [3.05, 3.63) is 42.0 Å². The van der Waals surface area contributed by atoms with Gasteiger partial charge in [-0.25, -0.2) is 4.98 Å². The molecule has 0 aliphatic heterocycles. The second kappa shape index (κ2) is 8.64. The monoisotopic (exact) mass is 383 g/mol. The van der Waals surface area contributed by atoms with Crippen LogP contribution in [0, 0.1) is 0 Å². The van der Waals surface area contributed by atoms with E-state index in [-0.39, 0.29) is 11.7 Å². The van der Waals surface area contributed by atoms with E-state index in [2.05, 4.69) is 22.2 Å². The van der Waals surface area contributed by atoms with Crippen LogP contribution in [0.1, 0.15) is 26.2 Å². The number of benzene rings is 1. The van der Waals surface area contributed by atoms with Gasteiger partial charge in [0.15, 0.2) is 11.5 Å². The Labute approximate surface area is 161 Å². The summed E-state index contributed by atoms with van der Waals surface area (Å²) in [5, 5.41) is 14.6. The molecule has 140 valence electrons. The average Bonchev–Trinajstić information content (AvgIpc) is 3.15. The van der Waals surface area contributed by atoms with Crippen molar-refractivity contribution in [3.63, 3.8) is 0 Å². The van der Waals surface area contributed by atoms with Crippen molar-refractivity contribution in [3.8, 4) is 33.3 Å². The summed E-state index contributed by atoms with van der Waals surface area (Å²) in [7, 11) is 1.50. The van der Waals surface area contributed by atoms with Crippen molar-refractivity contribution < 1.29 is 14.6 Å². The summed E-state index contributed by atoms with van der Waals surface area (Å²) in [6.45, 7) is 2.06. The van der Waals surface area contributed by atoms with Crippen molar-refractivity contribution in [2.45, 2.75) is 26.2 Å². The highest BCUT2D eigenvalue weighted by Gasteiger charge is 2.10. The standard InChI is InChI=1S/C20H21N3O3S/c1-3-4-5-20(25)22-14-9-19(27-12-14)16-11-21-10-15(23-16)13-6-7-17(24)18(8-13)26-2/h6-12,24H,3-5H2,1-2H3,(H,22,25). The van der Waals surface area contributed by atoms with Crippen LogP contribution in [0.15, 0.2) is 42.0 Å². The Bertz CT molecular complexity index is 940. The number of unbranched alkanes of at least 4 members (excludes halogenated alkanes) is 1. The van der Waals surface area contributed by atoms with Crippen LogP contribution in [0.2, 0.25) is 0 Å². The van der Waals surface area contributed by atoms with Gasteiger partial charge in [-0.3, -0.25) is 9.78 Å². The van der Waals surface area contributed by atoms with Crippen molar-refractivity contribution in [1.29, 1.82) is 0 Å². The van der Waals surface area contributed by atoms with Crippen molar-refractivity contribution in [1.82, 2.24) is 9.97 Å². The van der Waals surface area contributed by atoms with Crippen LogP contribution in [0.3, 0.4) is 0 Å². The molecule has 0 saturated heterocycles. The van der Waals surface area contributed by atoms with Gasteiger partial charge >= 0.3 is 0 Å². The van der Waals surface area contributed by atoms with Gasteiger partial charge in [-0.2, -0.15) is 0 Å². The van der Waals surface area contributed by atoms with Gasteiger partial charge in [0.25, 0.3) is 0 Å². The smallest absolute Gasteiger partial charge is 0.224 e. The van der Waals surface area contributed by atoms with E-state index in [1.807, 2.05) is 11.4 Å². The van der Waals surface area contributed by atoms with Crippen LogP contribution in [0.25, 0.3) is 21.8 Å². The number of hydrogen-bond acceptors (Lipinski definition) is 6. The molecule has 1 aromatic carbocycles. The summed E-state index contributed by atoms with van der Waals surface area (Å²) < 4.78 is 5.15. The van der Waals surface area contributed by atoms with Gasteiger partial charge in [0.05, 0.1) is 41.5 Å². The Kier molecular flexibility index (Phi) is 6.03. The van der Waals surface area contributed by atoms with Crippen LogP contribution in [-0.4, -0.2) is 28.1 Å². The van der Waals surface area contributed by atoms with Crippen LogP contribution in [-0.2, 0) is 4.79 Å². The normalized spacial score (nSPS) is 10.6. The molecular weight excluding hydrogens is 362 g/mol. The lowest BCUT2D eigenvalue weighted by Gasteiger charge is -2.07. The Morgan fingerprint density at radius 3 is 2.85 bits per heavy atom. The van der Waals surface area contributed by atoms with Crippen molar-refractivity contribution in [2.24, 2.45) is 0 Å². The Morgan fingerprint density at radius 2 is 2.07 bits per heavy atom. The van der Waals surface area contributed by atoms with E-state index >= 15 is 0 Å². The molecule has 2 N–H and O–H groups in total. The minimum Gasteiger partial charge on any atom is -0.504 e. The lowest BCUT2D eigenvalue weighted by atomic mass is 10.1. The van der Waals surface area contributed by atoms with E-state index in [0.29, 0.717) is 17.9 Å². The summed E-state index contributed by atoms with van der Waals surface area (Å²) in [6, 6.07) is 6.95. The number of hydrogen-bond donors (Lipinski definition) is 2. The van der Waals surface area contributed by atoms with E-state index < -0.39 is 0 Å². The molecule has 0 spiro atoms. The minimum atomic E-state index is 0.0252. The largest absolute Gasteiger partial charge is 0.504 e. The predicted octanol–water partition coefficient (Wildman–Crippen LogP) is 4.72. The molecule has 3 aromatic rings. The first kappa shape index (κ1) is 18.8. The van der Waals surface area contributed by atoms with Gasteiger partial charge in [0, 0.05) is 17.4 Å². The van der Waals surface area contributed by atoms with Crippen LogP contribution < -0.4 is 10.1 Å². The molecule has 1 amide bonds. The number of thiophene rings is 1. The number of rotatable bonds is 7. The molecule has 3 rings (SSSR count). The van der Waals surface area contributed by atoms with Crippen LogP contribution in [0.5, 0.6) is 11.5 Å². The second-order valence-corrected chi connectivity index (χ2v) is 6.94. The predicted molar refractivity (Wildman–Crippen MR) is 107 cm³/mol. The van der Waals surface area contributed by atoms with E-state index in [4.69, 9.17) is 4.74 Å². The number of phenols is 1. The maximum absolute atomic E-state index is 11.9. The number of carbonyl (C=O) groups excluding carboxylic acids is 1. The van der Waals surface area contributed by atoms with Gasteiger partial charge in [-0.15, -0.1) is 11.3 Å². The van der Waals surface area contributed by atoms with Gasteiger partial charge in [0.2, 0.25) is 5.91 Å². The number of nitrogens with one attached hydrogen (secondary N) is 1. The zero-order chi connectivity index (χ0) is 19.2. The second-order valence-electron chi connectivity index (χ2n) is 6.03. The molecule has 2 heterocycles. The maximum atomic E-state index is 11.9. The Morgan fingerprint density at radius 1 is 1.26 bits per heavy atom. The Hall–Kier alpha value is -2.93. The molecule has 0 aliphatic carbocycles. The summed E-state index contributed by atoms with van der Waals surface area (Å²) in [6.07, 6.45) is 5.75. The fraction of sp³-hybridized carbons (Fsp3) is 0.250. The highest BCUT2D eigenvalue weighted by atomic mass is 32.1. The third-order valence-electron chi connectivity index (χ3n) is 4.00. The first-order valence-corrected chi connectivity index (χ1v) is 9.57. The number of aromatic hydroxyl groups is 1. The van der Waals surface area contributed by atoms with E-state index in [9.17, 15) is 9.90 Å². The molecule has 6 nitrogen and oxygen atoms in total. The summed E-state index contributed by atoms with van der Waals surface area (Å²) in [4.78, 5) is 21.7. The quantitative estimate of drug-likeness (QED) is 0.617. The molecule has 0 atom stereocenters. The molecule has 0 radical (unpaired) electrons. The minimum absolute atomic E-state index is 0.0252. The first-order valence-electron chi connectivity index (χ1n) is 8.69. The fourth-order valence-electron chi connectivity index (χ4n) is 2.56. The van der Waals surface area contributed by atoms with Gasteiger partial charge in [-0.05, 0) is 30.7 Å². The number of methoxy groups -OCH3 is 1. The SMILES string of the molecule is CCCCC(=O)Nc1csc(-c2cncc(-c3ccc(O)c(OC)c3)n2)c1. The first-order chi connectivity index (χ1) is 13.1. The Balaban J connectivity index is 1.81. The molecular formula is C20H21N3O3S. The zero-order valence-corrected chi connectivity index (χ0v) is 16.0. The topological polar surface area (TPSA) is 84.3 Å². The van der Waals surface area contributed by atoms with E-state index in [1.54, 1.807) is 30.6 Å². The molecule has 0 bridgehead atoms. The van der Waals surface area contributed by atoms with Gasteiger partial charge in [-0.1, -0.05) is 13.3 Å². The molecule has 7 heteroatoms. The number of carbonyl (C=O) groups is 1. The lowest BCUT2D eigenvalue weighted by Crippen LogP contribution is -2.09. The van der Waals surface area contributed by atoms with E-state index in [0.717, 1.165) is 34.7 Å². The summed E-state index contributed by atoms with van der Waals surface area (Å²) >= 11 is 1.50. The number of anilines is 1. The molecule has 0 fully saturated rings. The number of ether oxygens (including phenoxy) is 1. The third-order valence-corrected chi connectivity index (χ3v) is 4.96. The fourth-order valence-corrected chi connectivity index (χ4v) is 3.35. The van der Waals surface area contributed by atoms with Crippen molar-refractivity contribution in [2.75, 3.05) is 12.4 Å². The summed E-state index contributed by atoms with van der Waals surface area (Å²) in [5.74, 6) is 0.484. The van der Waals surface area contributed by atoms with Gasteiger partial charge < -0.3 is 15.2 Å². The number of aromatic nitrogens is 2. The summed E-state index contributed by atoms with van der Waals surface area (Å²) in [5.41, 5.74) is 2.96. The molecule has 27 heavy (non-hydrogen) atoms. The average molecular weight is 383 g/mol. The number of phenolic OH excluding ortho intramolecular Hbond substituents is 1. The number of amides is 1. The third kappa shape index (κ3) is 4.62. The van der Waals surface area contributed by atoms with Gasteiger partial charge in [0.1, 0.15) is 0 Å². The highest BCUT2D eigenvalue weighted by molar-refractivity contribution is 7.14. The molecule has 0 aliphatic rings. The highest BCUT2D eigenvalue weighted by Crippen LogP contribution is 2.33. The van der Waals surface area contributed by atoms with Crippen LogP contribution >= 0.6 is 11.3 Å². The number of nitrogens with zero attached hydrogens (tertiary/aromatic N) is 2. The lowest BCUT2D eigenvalue weighted by molar-refractivity contribution is -0.116. The molecule has 0 saturated carbocycles. The zero-order valence-electron chi connectivity index (χ0n) is 15.2. The molecule has 2 aromatic heterocycles.